The summed E-state index contributed by atoms with van der Waals surface area (Å²) in [5, 5.41) is 10.5. The van der Waals surface area contributed by atoms with Crippen molar-refractivity contribution in [2.75, 3.05) is 6.54 Å². The summed E-state index contributed by atoms with van der Waals surface area (Å²) in [6, 6.07) is 6.13. The zero-order valence-electron chi connectivity index (χ0n) is 13.4. The van der Waals surface area contributed by atoms with Gasteiger partial charge in [-0.25, -0.2) is 9.67 Å². The molecule has 0 saturated carbocycles. The Bertz CT molecular complexity index is 807. The summed E-state index contributed by atoms with van der Waals surface area (Å²) in [7, 11) is 0. The van der Waals surface area contributed by atoms with Crippen molar-refractivity contribution in [1.82, 2.24) is 20.1 Å². The summed E-state index contributed by atoms with van der Waals surface area (Å²) in [6.07, 6.45) is 3.84. The molecule has 23 heavy (non-hydrogen) atoms. The molecule has 0 atom stereocenters. The zero-order chi connectivity index (χ0) is 16.2. The minimum atomic E-state index is -0.0221. The molecule has 6 heteroatoms. The van der Waals surface area contributed by atoms with Gasteiger partial charge in [-0.15, -0.1) is 11.3 Å². The third kappa shape index (κ3) is 3.27. The summed E-state index contributed by atoms with van der Waals surface area (Å²) in [5.41, 5.74) is 2.79. The van der Waals surface area contributed by atoms with Gasteiger partial charge in [-0.3, -0.25) is 4.79 Å². The van der Waals surface area contributed by atoms with Gasteiger partial charge in [-0.2, -0.15) is 5.10 Å². The van der Waals surface area contributed by atoms with Crippen molar-refractivity contribution < 1.29 is 4.79 Å². The number of carbonyl (C=O) groups excluding carboxylic acids is 1. The Morgan fingerprint density at radius 1 is 1.39 bits per heavy atom. The molecule has 5 nitrogen and oxygen atoms in total. The standard InChI is InChI=1S/C17H20N4OS/c1-3-4-8-18-15(22)11-21-17-16(12(2)20-21)13(7-9-19-17)14-6-5-10-23-14/h5-7,9-10H,3-4,8,11H2,1-2H3,(H,18,22). The Kier molecular flexibility index (Phi) is 4.71. The van der Waals surface area contributed by atoms with E-state index in [1.165, 1.54) is 4.88 Å². The lowest BCUT2D eigenvalue weighted by molar-refractivity contribution is -0.121. The van der Waals surface area contributed by atoms with Gasteiger partial charge < -0.3 is 5.32 Å². The molecule has 0 unspecified atom stereocenters. The van der Waals surface area contributed by atoms with Crippen molar-refractivity contribution in [3.63, 3.8) is 0 Å². The van der Waals surface area contributed by atoms with Crippen LogP contribution >= 0.6 is 11.3 Å². The molecular formula is C17H20N4OS. The zero-order valence-corrected chi connectivity index (χ0v) is 14.2. The van der Waals surface area contributed by atoms with Gasteiger partial charge in [0, 0.05) is 23.2 Å². The number of amides is 1. The number of pyridine rings is 1. The number of carbonyl (C=O) groups is 1. The number of thiophene rings is 1. The lowest BCUT2D eigenvalue weighted by Crippen LogP contribution is -2.28. The van der Waals surface area contributed by atoms with Crippen LogP contribution in [0.3, 0.4) is 0 Å². The topological polar surface area (TPSA) is 59.8 Å². The smallest absolute Gasteiger partial charge is 0.241 e. The van der Waals surface area contributed by atoms with Crippen LogP contribution in [0, 0.1) is 6.92 Å². The molecule has 3 aromatic rings. The molecule has 0 aliphatic rings. The first kappa shape index (κ1) is 15.7. The largest absolute Gasteiger partial charge is 0.354 e. The Morgan fingerprint density at radius 3 is 3.00 bits per heavy atom. The SMILES string of the molecule is CCCCNC(=O)Cn1nc(C)c2c(-c3cccs3)ccnc21. The van der Waals surface area contributed by atoms with Crippen LogP contribution in [0.5, 0.6) is 0 Å². The molecule has 3 rings (SSSR count). The van der Waals surface area contributed by atoms with Crippen molar-refractivity contribution in [3.8, 4) is 10.4 Å². The number of unbranched alkanes of at least 4 members (excludes halogenated alkanes) is 1. The summed E-state index contributed by atoms with van der Waals surface area (Å²) < 4.78 is 1.70. The van der Waals surface area contributed by atoms with Crippen LogP contribution in [-0.2, 0) is 11.3 Å². The van der Waals surface area contributed by atoms with Crippen molar-refractivity contribution in [2.45, 2.75) is 33.2 Å². The summed E-state index contributed by atoms with van der Waals surface area (Å²) in [4.78, 5) is 17.7. The third-order valence-electron chi connectivity index (χ3n) is 3.74. The van der Waals surface area contributed by atoms with Gasteiger partial charge in [-0.05, 0) is 30.9 Å². The van der Waals surface area contributed by atoms with Crippen molar-refractivity contribution in [3.05, 3.63) is 35.5 Å². The highest BCUT2D eigenvalue weighted by Crippen LogP contribution is 2.32. The number of aromatic nitrogens is 3. The number of rotatable bonds is 6. The molecule has 3 aromatic heterocycles. The molecular weight excluding hydrogens is 308 g/mol. The van der Waals surface area contributed by atoms with Gasteiger partial charge >= 0.3 is 0 Å². The van der Waals surface area contributed by atoms with Crippen LogP contribution < -0.4 is 5.32 Å². The van der Waals surface area contributed by atoms with Crippen LogP contribution in [0.25, 0.3) is 21.5 Å². The lowest BCUT2D eigenvalue weighted by Gasteiger charge is -2.05. The molecule has 0 spiro atoms. The fourth-order valence-electron chi connectivity index (χ4n) is 2.63. The van der Waals surface area contributed by atoms with Crippen LogP contribution in [0.1, 0.15) is 25.5 Å². The van der Waals surface area contributed by atoms with Gasteiger partial charge in [-0.1, -0.05) is 19.4 Å². The van der Waals surface area contributed by atoms with Gasteiger partial charge in [0.25, 0.3) is 0 Å². The monoisotopic (exact) mass is 328 g/mol. The van der Waals surface area contributed by atoms with E-state index in [2.05, 4.69) is 33.8 Å². The lowest BCUT2D eigenvalue weighted by atomic mass is 10.1. The highest BCUT2D eigenvalue weighted by atomic mass is 32.1. The maximum atomic E-state index is 12.1. The first-order valence-corrected chi connectivity index (χ1v) is 8.71. The van der Waals surface area contributed by atoms with E-state index < -0.39 is 0 Å². The Balaban J connectivity index is 1.91. The number of hydrogen-bond acceptors (Lipinski definition) is 4. The van der Waals surface area contributed by atoms with Crippen LogP contribution in [-0.4, -0.2) is 27.2 Å². The van der Waals surface area contributed by atoms with Crippen LogP contribution in [0.2, 0.25) is 0 Å². The van der Waals surface area contributed by atoms with Gasteiger partial charge in [0.2, 0.25) is 5.91 Å². The average Bonchev–Trinajstić information content (AvgIpc) is 3.17. The molecule has 0 fully saturated rings. The van der Waals surface area contributed by atoms with E-state index in [1.807, 2.05) is 19.1 Å². The van der Waals surface area contributed by atoms with Crippen molar-refractivity contribution in [2.24, 2.45) is 0 Å². The molecule has 0 aliphatic heterocycles. The van der Waals surface area contributed by atoms with E-state index in [0.29, 0.717) is 6.54 Å². The summed E-state index contributed by atoms with van der Waals surface area (Å²) >= 11 is 1.69. The van der Waals surface area contributed by atoms with Crippen LogP contribution in [0.15, 0.2) is 29.8 Å². The second-order valence-electron chi connectivity index (χ2n) is 5.48. The molecule has 0 bridgehead atoms. The maximum absolute atomic E-state index is 12.1. The van der Waals surface area contributed by atoms with Gasteiger partial charge in [0.05, 0.1) is 11.1 Å². The molecule has 0 saturated heterocycles. The number of nitrogens with zero attached hydrogens (tertiary/aromatic N) is 3. The summed E-state index contributed by atoms with van der Waals surface area (Å²) in [5.74, 6) is -0.0221. The van der Waals surface area contributed by atoms with E-state index in [1.54, 1.807) is 22.2 Å². The Labute approximate surface area is 139 Å². The fourth-order valence-corrected chi connectivity index (χ4v) is 3.38. The van der Waals surface area contributed by atoms with E-state index in [9.17, 15) is 4.79 Å². The number of aryl methyl sites for hydroxylation is 1. The quantitative estimate of drug-likeness (QED) is 0.706. The van der Waals surface area contributed by atoms with E-state index >= 15 is 0 Å². The second kappa shape index (κ2) is 6.91. The van der Waals surface area contributed by atoms with E-state index in [0.717, 1.165) is 35.1 Å². The maximum Gasteiger partial charge on any atom is 0.241 e. The molecule has 3 heterocycles. The predicted octanol–water partition coefficient (Wildman–Crippen LogP) is 3.38. The summed E-state index contributed by atoms with van der Waals surface area (Å²) in [6.45, 7) is 4.98. The minimum absolute atomic E-state index is 0.0221. The molecule has 1 N–H and O–H groups in total. The molecule has 0 radical (unpaired) electrons. The number of nitrogens with one attached hydrogen (secondary N) is 1. The molecule has 0 aliphatic carbocycles. The van der Waals surface area contributed by atoms with Crippen molar-refractivity contribution >= 4 is 28.3 Å². The second-order valence-corrected chi connectivity index (χ2v) is 6.43. The normalized spacial score (nSPS) is 11.0. The minimum Gasteiger partial charge on any atom is -0.354 e. The average molecular weight is 328 g/mol. The molecule has 0 aromatic carbocycles. The predicted molar refractivity (Wildman–Crippen MR) is 93.5 cm³/mol. The van der Waals surface area contributed by atoms with Crippen LogP contribution in [0.4, 0.5) is 0 Å². The van der Waals surface area contributed by atoms with Crippen molar-refractivity contribution in [1.29, 1.82) is 0 Å². The van der Waals surface area contributed by atoms with Gasteiger partial charge in [0.1, 0.15) is 6.54 Å². The fraction of sp³-hybridized carbons (Fsp3) is 0.353. The molecule has 120 valence electrons. The Morgan fingerprint density at radius 2 is 2.26 bits per heavy atom. The first-order chi connectivity index (χ1) is 11.2. The highest BCUT2D eigenvalue weighted by molar-refractivity contribution is 7.13. The molecule has 1 amide bonds. The van der Waals surface area contributed by atoms with E-state index in [4.69, 9.17) is 0 Å². The third-order valence-corrected chi connectivity index (χ3v) is 4.64. The first-order valence-electron chi connectivity index (χ1n) is 7.83. The van der Waals surface area contributed by atoms with Gasteiger partial charge in [0.15, 0.2) is 5.65 Å². The number of hydrogen-bond donors (Lipinski definition) is 1. The number of fused-ring (bicyclic) bond motifs is 1. The highest BCUT2D eigenvalue weighted by Gasteiger charge is 2.16. The Hall–Kier alpha value is -2.21. The van der Waals surface area contributed by atoms with E-state index in [-0.39, 0.29) is 12.5 Å².